The van der Waals surface area contributed by atoms with Crippen LogP contribution >= 0.6 is 0 Å². The molecule has 0 bridgehead atoms. The molecule has 4 rings (SSSR count). The number of imidazole rings is 1. The van der Waals surface area contributed by atoms with Crippen LogP contribution in [-0.2, 0) is 10.0 Å². The summed E-state index contributed by atoms with van der Waals surface area (Å²) in [6.07, 6.45) is 3.33. The van der Waals surface area contributed by atoms with Crippen molar-refractivity contribution in [2.75, 3.05) is 26.7 Å². The van der Waals surface area contributed by atoms with Crippen LogP contribution in [0.2, 0.25) is 0 Å². The molecular weight excluding hydrogens is 372 g/mol. The number of aromatic amines is 3. The molecule has 10 nitrogen and oxygen atoms in total. The Morgan fingerprint density at radius 1 is 1.19 bits per heavy atom. The Bertz CT molecular complexity index is 1200. The number of nitrogens with zero attached hydrogens (tertiary/aromatic N) is 3. The fourth-order valence-electron chi connectivity index (χ4n) is 3.28. The van der Waals surface area contributed by atoms with E-state index in [0.717, 1.165) is 0 Å². The van der Waals surface area contributed by atoms with E-state index in [2.05, 4.69) is 19.9 Å². The fourth-order valence-corrected chi connectivity index (χ4v) is 4.74. The molecule has 0 radical (unpaired) electrons. The minimum atomic E-state index is -3.81. The van der Waals surface area contributed by atoms with Crippen LogP contribution in [0.3, 0.4) is 0 Å². The van der Waals surface area contributed by atoms with Crippen LogP contribution < -0.4 is 11.2 Å². The molecular formula is C16H18N6O4S. The van der Waals surface area contributed by atoms with Crippen molar-refractivity contribution in [3.8, 4) is 0 Å². The quantitative estimate of drug-likeness (QED) is 0.558. The van der Waals surface area contributed by atoms with E-state index in [0.29, 0.717) is 18.9 Å². The first-order valence-electron chi connectivity index (χ1n) is 8.32. The molecule has 142 valence electrons. The molecule has 1 atom stereocenters. The largest absolute Gasteiger partial charge is 0.347 e. The predicted molar refractivity (Wildman–Crippen MR) is 97.9 cm³/mol. The van der Waals surface area contributed by atoms with Crippen molar-refractivity contribution in [1.82, 2.24) is 29.1 Å². The SMILES string of the molecule is CN1CCN(S(=O)(=O)c2ccc3[nH]c(=O)[nH]c(=O)c3c2)C[C@@H]1c1ncc[nH]1. The van der Waals surface area contributed by atoms with Crippen molar-refractivity contribution in [1.29, 1.82) is 0 Å². The van der Waals surface area contributed by atoms with E-state index in [4.69, 9.17) is 0 Å². The molecule has 2 aromatic heterocycles. The second-order valence-electron chi connectivity index (χ2n) is 6.45. The summed E-state index contributed by atoms with van der Waals surface area (Å²) in [6.45, 7) is 1.12. The highest BCUT2D eigenvalue weighted by Gasteiger charge is 2.34. The molecule has 1 aliphatic heterocycles. The third-order valence-corrected chi connectivity index (χ3v) is 6.66. The fraction of sp³-hybridized carbons (Fsp3) is 0.312. The van der Waals surface area contributed by atoms with E-state index in [9.17, 15) is 18.0 Å². The summed E-state index contributed by atoms with van der Waals surface area (Å²) in [5.41, 5.74) is -0.976. The van der Waals surface area contributed by atoms with E-state index in [1.807, 2.05) is 11.9 Å². The van der Waals surface area contributed by atoms with Crippen LogP contribution in [0.1, 0.15) is 11.9 Å². The van der Waals surface area contributed by atoms with Gasteiger partial charge in [0.2, 0.25) is 10.0 Å². The molecule has 1 aliphatic rings. The number of H-pyrrole nitrogens is 3. The maximum atomic E-state index is 13.1. The summed E-state index contributed by atoms with van der Waals surface area (Å²) in [5.74, 6) is 0.699. The zero-order chi connectivity index (χ0) is 19.2. The Hall–Kier alpha value is -2.76. The first-order valence-corrected chi connectivity index (χ1v) is 9.76. The van der Waals surface area contributed by atoms with Gasteiger partial charge in [-0.15, -0.1) is 0 Å². The number of likely N-dealkylation sites (N-methyl/N-ethyl adjacent to an activating group) is 1. The van der Waals surface area contributed by atoms with Crippen LogP contribution in [0.5, 0.6) is 0 Å². The highest BCUT2D eigenvalue weighted by Crippen LogP contribution is 2.26. The highest BCUT2D eigenvalue weighted by atomic mass is 32.2. The summed E-state index contributed by atoms with van der Waals surface area (Å²) in [5, 5.41) is 0.118. The first kappa shape index (κ1) is 17.6. The Labute approximate surface area is 153 Å². The normalized spacial score (nSPS) is 19.5. The van der Waals surface area contributed by atoms with Gasteiger partial charge in [-0.2, -0.15) is 4.31 Å². The molecule has 0 unspecified atom stereocenters. The molecule has 3 aromatic rings. The van der Waals surface area contributed by atoms with E-state index in [-0.39, 0.29) is 28.4 Å². The molecule has 1 aromatic carbocycles. The van der Waals surface area contributed by atoms with Crippen LogP contribution in [0.15, 0.2) is 45.1 Å². The van der Waals surface area contributed by atoms with Crippen LogP contribution in [-0.4, -0.2) is 64.2 Å². The van der Waals surface area contributed by atoms with Crippen molar-refractivity contribution in [3.63, 3.8) is 0 Å². The van der Waals surface area contributed by atoms with Gasteiger partial charge < -0.3 is 9.97 Å². The van der Waals surface area contributed by atoms with Crippen molar-refractivity contribution < 1.29 is 8.42 Å². The molecule has 27 heavy (non-hydrogen) atoms. The average molecular weight is 390 g/mol. The molecule has 1 saturated heterocycles. The Balaban J connectivity index is 1.72. The van der Waals surface area contributed by atoms with Crippen molar-refractivity contribution in [3.05, 3.63) is 57.3 Å². The van der Waals surface area contributed by atoms with Crippen LogP contribution in [0, 0.1) is 0 Å². The minimum absolute atomic E-state index is 0.00953. The van der Waals surface area contributed by atoms with E-state index in [1.54, 1.807) is 12.4 Å². The smallest absolute Gasteiger partial charge is 0.326 e. The lowest BCUT2D eigenvalue weighted by Crippen LogP contribution is -2.49. The van der Waals surface area contributed by atoms with Gasteiger partial charge in [0.1, 0.15) is 5.82 Å². The number of piperazine rings is 1. The average Bonchev–Trinajstić information content (AvgIpc) is 3.16. The standard InChI is InChI=1S/C16H18N6O4S/c1-21-6-7-22(9-13(21)14-17-4-5-18-14)27(25,26)10-2-3-12-11(8-10)15(23)20-16(24)19-12/h2-5,8,13H,6-7,9H2,1H3,(H,17,18)(H2,19,20,23,24)/t13-/m1/s1. The summed E-state index contributed by atoms with van der Waals surface area (Å²) in [6, 6.07) is 3.93. The van der Waals surface area contributed by atoms with Gasteiger partial charge in [-0.05, 0) is 25.2 Å². The lowest BCUT2D eigenvalue weighted by Gasteiger charge is -2.37. The Kier molecular flexibility index (Phi) is 4.21. The summed E-state index contributed by atoms with van der Waals surface area (Å²) in [4.78, 5) is 37.3. The molecule has 3 N–H and O–H groups in total. The van der Waals surface area contributed by atoms with Gasteiger partial charge in [0.15, 0.2) is 0 Å². The van der Waals surface area contributed by atoms with Gasteiger partial charge in [-0.25, -0.2) is 18.2 Å². The third kappa shape index (κ3) is 3.09. The summed E-state index contributed by atoms with van der Waals surface area (Å²) < 4.78 is 27.6. The van der Waals surface area contributed by atoms with E-state index in [1.165, 1.54) is 22.5 Å². The number of benzene rings is 1. The first-order chi connectivity index (χ1) is 12.9. The highest BCUT2D eigenvalue weighted by molar-refractivity contribution is 7.89. The summed E-state index contributed by atoms with van der Waals surface area (Å²) in [7, 11) is -1.89. The van der Waals surface area contributed by atoms with Gasteiger partial charge >= 0.3 is 5.69 Å². The van der Waals surface area contributed by atoms with E-state index < -0.39 is 21.3 Å². The Morgan fingerprint density at radius 2 is 2.00 bits per heavy atom. The number of fused-ring (bicyclic) bond motifs is 1. The number of nitrogens with one attached hydrogen (secondary N) is 3. The molecule has 0 saturated carbocycles. The molecule has 1 fully saturated rings. The zero-order valence-electron chi connectivity index (χ0n) is 14.5. The van der Waals surface area contributed by atoms with Crippen molar-refractivity contribution >= 4 is 20.9 Å². The monoisotopic (exact) mass is 390 g/mol. The second kappa shape index (κ2) is 6.44. The number of hydrogen-bond donors (Lipinski definition) is 3. The minimum Gasteiger partial charge on any atom is -0.347 e. The predicted octanol–water partition coefficient (Wildman–Crippen LogP) is -0.383. The molecule has 11 heteroatoms. The maximum Gasteiger partial charge on any atom is 0.326 e. The Morgan fingerprint density at radius 3 is 2.74 bits per heavy atom. The van der Waals surface area contributed by atoms with Crippen molar-refractivity contribution in [2.45, 2.75) is 10.9 Å². The summed E-state index contributed by atoms with van der Waals surface area (Å²) >= 11 is 0. The van der Waals surface area contributed by atoms with Gasteiger partial charge in [0.25, 0.3) is 5.56 Å². The lowest BCUT2D eigenvalue weighted by atomic mass is 10.2. The van der Waals surface area contributed by atoms with Gasteiger partial charge in [0.05, 0.1) is 21.8 Å². The number of rotatable bonds is 3. The zero-order valence-corrected chi connectivity index (χ0v) is 15.3. The molecule has 3 heterocycles. The van der Waals surface area contributed by atoms with Crippen LogP contribution in [0.4, 0.5) is 0 Å². The van der Waals surface area contributed by atoms with Crippen LogP contribution in [0.25, 0.3) is 10.9 Å². The lowest BCUT2D eigenvalue weighted by molar-refractivity contribution is 0.142. The number of aromatic nitrogens is 4. The molecule has 0 aliphatic carbocycles. The molecule has 0 amide bonds. The van der Waals surface area contributed by atoms with Crippen molar-refractivity contribution in [2.24, 2.45) is 0 Å². The van der Waals surface area contributed by atoms with Gasteiger partial charge in [-0.1, -0.05) is 0 Å². The number of sulfonamides is 1. The second-order valence-corrected chi connectivity index (χ2v) is 8.39. The van der Waals surface area contributed by atoms with Gasteiger partial charge in [0, 0.05) is 32.0 Å². The van der Waals surface area contributed by atoms with E-state index >= 15 is 0 Å². The third-order valence-electron chi connectivity index (χ3n) is 4.79. The number of hydrogen-bond acceptors (Lipinski definition) is 6. The van der Waals surface area contributed by atoms with Gasteiger partial charge in [-0.3, -0.25) is 14.7 Å². The maximum absolute atomic E-state index is 13.1. The molecule has 0 spiro atoms. The topological polar surface area (TPSA) is 135 Å².